The van der Waals surface area contributed by atoms with E-state index in [4.69, 9.17) is 4.74 Å². The highest BCUT2D eigenvalue weighted by Crippen LogP contribution is 2.24. The lowest BCUT2D eigenvalue weighted by Crippen LogP contribution is -2.32. The Bertz CT molecular complexity index is 1210. The second kappa shape index (κ2) is 9.83. The molecule has 4 rings (SSSR count). The summed E-state index contributed by atoms with van der Waals surface area (Å²) in [5.74, 6) is -1.13. The smallest absolute Gasteiger partial charge is 0.432 e. The van der Waals surface area contributed by atoms with Gasteiger partial charge in [-0.15, -0.1) is 18.3 Å². The Hall–Kier alpha value is -4.42. The molecule has 10 nitrogen and oxygen atoms in total. The summed E-state index contributed by atoms with van der Waals surface area (Å²) in [5, 5.41) is 4.74. The zero-order valence-electron chi connectivity index (χ0n) is 17.9. The second-order valence-electron chi connectivity index (χ2n) is 7.27. The third-order valence-electron chi connectivity index (χ3n) is 4.82. The van der Waals surface area contributed by atoms with Gasteiger partial charge in [-0.1, -0.05) is 29.3 Å². The Morgan fingerprint density at radius 3 is 2.26 bits per heavy atom. The van der Waals surface area contributed by atoms with Crippen molar-refractivity contribution in [3.63, 3.8) is 0 Å². The van der Waals surface area contributed by atoms with E-state index in [0.29, 0.717) is 28.6 Å². The summed E-state index contributed by atoms with van der Waals surface area (Å²) in [6, 6.07) is 12.3. The van der Waals surface area contributed by atoms with E-state index in [9.17, 15) is 27.6 Å². The number of benzene rings is 2. The molecule has 0 spiro atoms. The summed E-state index contributed by atoms with van der Waals surface area (Å²) < 4.78 is 47.0. The van der Waals surface area contributed by atoms with Crippen LogP contribution in [0, 0.1) is 0 Å². The van der Waals surface area contributed by atoms with Crippen LogP contribution in [0.15, 0.2) is 54.9 Å². The van der Waals surface area contributed by atoms with Gasteiger partial charge in [-0.2, -0.15) is 0 Å². The van der Waals surface area contributed by atoms with Crippen LogP contribution < -0.4 is 4.74 Å². The molecule has 1 aromatic heterocycles. The number of hydrogen-bond donors (Lipinski definition) is 0. The Labute approximate surface area is 195 Å². The highest BCUT2D eigenvalue weighted by Gasteiger charge is 2.33. The van der Waals surface area contributed by atoms with Crippen molar-refractivity contribution in [2.24, 2.45) is 0 Å². The maximum absolute atomic E-state index is 12.3. The standard InChI is InChI=1S/C22H17F3N4O6/c23-22(24,25)34-17-7-5-16(6-8-17)28-13-26-20(27-28)15-3-1-14(2-4-15)11-12-33-21(32)35-29-18(30)9-10-19(29)31/h1-8,13H,9-12H2. The molecule has 0 radical (unpaired) electrons. The van der Waals surface area contributed by atoms with Crippen molar-refractivity contribution >= 4 is 18.0 Å². The minimum Gasteiger partial charge on any atom is -0.432 e. The third kappa shape index (κ3) is 6.13. The number of halogens is 3. The predicted octanol–water partition coefficient (Wildman–Crippen LogP) is 3.59. The molecule has 2 heterocycles. The lowest BCUT2D eigenvalue weighted by molar-refractivity contribution is -0.274. The van der Waals surface area contributed by atoms with E-state index in [1.165, 1.54) is 35.3 Å². The molecule has 0 aliphatic carbocycles. The fourth-order valence-corrected chi connectivity index (χ4v) is 3.15. The lowest BCUT2D eigenvalue weighted by atomic mass is 10.1. The van der Waals surface area contributed by atoms with Gasteiger partial charge in [0.25, 0.3) is 11.8 Å². The van der Waals surface area contributed by atoms with E-state index in [2.05, 4.69) is 19.7 Å². The number of hydrogen-bond acceptors (Lipinski definition) is 8. The summed E-state index contributed by atoms with van der Waals surface area (Å²) in [6.07, 6.45) is -4.14. The molecule has 13 heteroatoms. The zero-order valence-corrected chi connectivity index (χ0v) is 17.9. The van der Waals surface area contributed by atoms with Crippen LogP contribution in [-0.2, 0) is 25.6 Å². The van der Waals surface area contributed by atoms with Gasteiger partial charge in [-0.3, -0.25) is 14.4 Å². The molecule has 0 unspecified atom stereocenters. The van der Waals surface area contributed by atoms with Crippen LogP contribution in [0.3, 0.4) is 0 Å². The van der Waals surface area contributed by atoms with Crippen molar-refractivity contribution in [3.05, 3.63) is 60.4 Å². The number of hydroxylamine groups is 2. The molecule has 1 aliphatic heterocycles. The van der Waals surface area contributed by atoms with Gasteiger partial charge in [-0.25, -0.2) is 14.5 Å². The number of rotatable bonds is 7. The SMILES string of the molecule is O=C(OCCc1ccc(-c2ncn(-c3ccc(OC(F)(F)F)cc3)n2)cc1)ON1C(=O)CCC1=O. The van der Waals surface area contributed by atoms with E-state index in [1.54, 1.807) is 24.3 Å². The monoisotopic (exact) mass is 490 g/mol. The third-order valence-corrected chi connectivity index (χ3v) is 4.82. The molecule has 0 N–H and O–H groups in total. The number of carbonyl (C=O) groups excluding carboxylic acids is 3. The van der Waals surface area contributed by atoms with Crippen LogP contribution in [0.1, 0.15) is 18.4 Å². The molecule has 2 aromatic carbocycles. The van der Waals surface area contributed by atoms with Crippen LogP contribution in [-0.4, -0.2) is 50.8 Å². The summed E-state index contributed by atoms with van der Waals surface area (Å²) >= 11 is 0. The molecule has 0 bridgehead atoms. The molecule has 35 heavy (non-hydrogen) atoms. The molecular weight excluding hydrogens is 473 g/mol. The van der Waals surface area contributed by atoms with Gasteiger partial charge in [0.15, 0.2) is 5.82 Å². The fraction of sp³-hybridized carbons (Fsp3) is 0.227. The summed E-state index contributed by atoms with van der Waals surface area (Å²) in [4.78, 5) is 43.3. The number of ether oxygens (including phenoxy) is 2. The van der Waals surface area contributed by atoms with Crippen molar-refractivity contribution < 1.29 is 41.9 Å². The van der Waals surface area contributed by atoms with Crippen molar-refractivity contribution in [1.29, 1.82) is 0 Å². The number of aromatic nitrogens is 3. The molecule has 0 saturated carbocycles. The topological polar surface area (TPSA) is 113 Å². The van der Waals surface area contributed by atoms with E-state index >= 15 is 0 Å². The minimum atomic E-state index is -4.77. The summed E-state index contributed by atoms with van der Waals surface area (Å²) in [5.41, 5.74) is 2.02. The second-order valence-corrected chi connectivity index (χ2v) is 7.27. The van der Waals surface area contributed by atoms with Crippen LogP contribution in [0.2, 0.25) is 0 Å². The molecule has 182 valence electrons. The fourth-order valence-electron chi connectivity index (χ4n) is 3.15. The summed E-state index contributed by atoms with van der Waals surface area (Å²) in [7, 11) is 0. The normalized spacial score (nSPS) is 13.7. The van der Waals surface area contributed by atoms with Crippen LogP contribution in [0.4, 0.5) is 18.0 Å². The summed E-state index contributed by atoms with van der Waals surface area (Å²) in [6.45, 7) is -0.0324. The van der Waals surface area contributed by atoms with Gasteiger partial charge in [-0.05, 0) is 29.8 Å². The lowest BCUT2D eigenvalue weighted by Gasteiger charge is -2.12. The first-order valence-corrected chi connectivity index (χ1v) is 10.3. The first-order valence-electron chi connectivity index (χ1n) is 10.3. The molecular formula is C22H17F3N4O6. The van der Waals surface area contributed by atoms with Gasteiger partial charge in [0.2, 0.25) is 0 Å². The average Bonchev–Trinajstić information content (AvgIpc) is 3.42. The van der Waals surface area contributed by atoms with Crippen molar-refractivity contribution in [3.8, 4) is 22.8 Å². The average molecular weight is 490 g/mol. The highest BCUT2D eigenvalue weighted by atomic mass is 19.4. The Kier molecular flexibility index (Phi) is 6.66. The number of amides is 2. The van der Waals surface area contributed by atoms with E-state index < -0.39 is 24.3 Å². The number of alkyl halides is 3. The van der Waals surface area contributed by atoms with Crippen molar-refractivity contribution in [1.82, 2.24) is 19.8 Å². The van der Waals surface area contributed by atoms with Gasteiger partial charge >= 0.3 is 12.5 Å². The number of nitrogens with zero attached hydrogens (tertiary/aromatic N) is 4. The largest absolute Gasteiger partial charge is 0.573 e. The van der Waals surface area contributed by atoms with Gasteiger partial charge in [0, 0.05) is 24.8 Å². The Morgan fingerprint density at radius 2 is 1.63 bits per heavy atom. The minimum absolute atomic E-state index is 0.00520. The number of imide groups is 1. The quantitative estimate of drug-likeness (QED) is 0.365. The molecule has 2 amide bonds. The van der Waals surface area contributed by atoms with Gasteiger partial charge in [0.05, 0.1) is 12.3 Å². The first-order chi connectivity index (χ1) is 16.7. The van der Waals surface area contributed by atoms with E-state index in [-0.39, 0.29) is 25.2 Å². The zero-order chi connectivity index (χ0) is 25.0. The van der Waals surface area contributed by atoms with Crippen LogP contribution in [0.5, 0.6) is 5.75 Å². The molecule has 1 saturated heterocycles. The number of carbonyl (C=O) groups is 3. The van der Waals surface area contributed by atoms with Gasteiger partial charge < -0.3 is 9.47 Å². The highest BCUT2D eigenvalue weighted by molar-refractivity contribution is 6.01. The maximum Gasteiger partial charge on any atom is 0.573 e. The molecule has 3 aromatic rings. The van der Waals surface area contributed by atoms with Crippen molar-refractivity contribution in [2.75, 3.05) is 6.61 Å². The van der Waals surface area contributed by atoms with Crippen LogP contribution >= 0.6 is 0 Å². The maximum atomic E-state index is 12.3. The Morgan fingerprint density at radius 1 is 0.971 bits per heavy atom. The van der Waals surface area contributed by atoms with Crippen molar-refractivity contribution in [2.45, 2.75) is 25.6 Å². The Balaban J connectivity index is 1.29. The van der Waals surface area contributed by atoms with E-state index in [0.717, 1.165) is 5.56 Å². The first kappa shape index (κ1) is 23.7. The molecule has 1 aliphatic rings. The van der Waals surface area contributed by atoms with E-state index in [1.807, 2.05) is 0 Å². The molecule has 0 atom stereocenters. The predicted molar refractivity (Wildman–Crippen MR) is 111 cm³/mol. The molecule has 1 fully saturated rings. The van der Waals surface area contributed by atoms with Crippen LogP contribution in [0.25, 0.3) is 17.1 Å². The van der Waals surface area contributed by atoms with Gasteiger partial charge in [0.1, 0.15) is 12.1 Å².